The normalized spacial score (nSPS) is 25.2. The van der Waals surface area contributed by atoms with Gasteiger partial charge in [0.1, 0.15) is 21.5 Å². The standard InChI is InChI=1S/C23H23FIN3O2S/c24-19-8-7-16(25)13-17(19)22-27-28(21(29)12-15-4-3-10-26-14-15)23(31-22)9-11-30-20-6-2-1-5-18(20)23/h1-2,5-8,13,15,26H,3-4,9-12,14H2. The Hall–Kier alpha value is -1.65. The highest BCUT2D eigenvalue weighted by atomic mass is 127. The van der Waals surface area contributed by atoms with Crippen LogP contribution >= 0.6 is 34.4 Å². The Morgan fingerprint density at radius 2 is 2.23 bits per heavy atom. The van der Waals surface area contributed by atoms with E-state index in [2.05, 4.69) is 27.9 Å². The quantitative estimate of drug-likeness (QED) is 0.563. The molecular formula is C23H23FIN3O2S. The Labute approximate surface area is 198 Å². The molecule has 5 rings (SSSR count). The molecule has 3 aliphatic rings. The Balaban J connectivity index is 1.55. The molecule has 2 atom stereocenters. The molecule has 5 nitrogen and oxygen atoms in total. The average molecular weight is 551 g/mol. The number of rotatable bonds is 3. The molecule has 1 saturated heterocycles. The Morgan fingerprint density at radius 1 is 1.35 bits per heavy atom. The molecule has 0 saturated carbocycles. The Kier molecular flexibility index (Phi) is 5.96. The maximum absolute atomic E-state index is 14.7. The lowest BCUT2D eigenvalue weighted by molar-refractivity contribution is -0.136. The number of fused-ring (bicyclic) bond motifs is 2. The summed E-state index contributed by atoms with van der Waals surface area (Å²) in [5.74, 6) is 0.719. The molecule has 3 aliphatic heterocycles. The third kappa shape index (κ3) is 3.98. The Morgan fingerprint density at radius 3 is 3.06 bits per heavy atom. The van der Waals surface area contributed by atoms with Crippen LogP contribution in [0.25, 0.3) is 0 Å². The number of carbonyl (C=O) groups excluding carboxylic acids is 1. The van der Waals surface area contributed by atoms with Gasteiger partial charge in [-0.1, -0.05) is 30.0 Å². The second-order valence-electron chi connectivity index (χ2n) is 8.13. The first kappa shape index (κ1) is 21.2. The van der Waals surface area contributed by atoms with Crippen molar-refractivity contribution in [2.45, 2.75) is 30.6 Å². The molecule has 2 aromatic rings. The molecule has 1 N–H and O–H groups in total. The molecule has 2 unspecified atom stereocenters. The number of amides is 1. The molecule has 8 heteroatoms. The average Bonchev–Trinajstić information content (AvgIpc) is 3.16. The van der Waals surface area contributed by atoms with Crippen LogP contribution in [0.5, 0.6) is 5.75 Å². The number of para-hydroxylation sites is 1. The fraction of sp³-hybridized carbons (Fsp3) is 0.391. The van der Waals surface area contributed by atoms with E-state index < -0.39 is 4.87 Å². The lowest BCUT2D eigenvalue weighted by Crippen LogP contribution is -2.45. The van der Waals surface area contributed by atoms with Gasteiger partial charge in [-0.2, -0.15) is 5.10 Å². The monoisotopic (exact) mass is 551 g/mol. The minimum absolute atomic E-state index is 0.0149. The molecule has 0 aromatic heterocycles. The van der Waals surface area contributed by atoms with Crippen LogP contribution in [-0.2, 0) is 9.67 Å². The van der Waals surface area contributed by atoms with Gasteiger partial charge in [0, 0.05) is 27.5 Å². The maximum Gasteiger partial charge on any atom is 0.244 e. The predicted molar refractivity (Wildman–Crippen MR) is 129 cm³/mol. The number of hydrazone groups is 1. The van der Waals surface area contributed by atoms with Crippen LogP contribution < -0.4 is 10.1 Å². The molecule has 1 amide bonds. The highest BCUT2D eigenvalue weighted by Gasteiger charge is 2.52. The zero-order valence-electron chi connectivity index (χ0n) is 16.9. The van der Waals surface area contributed by atoms with Gasteiger partial charge >= 0.3 is 0 Å². The van der Waals surface area contributed by atoms with Gasteiger partial charge in [-0.05, 0) is 78.7 Å². The van der Waals surface area contributed by atoms with Gasteiger partial charge in [0.2, 0.25) is 5.91 Å². The number of benzene rings is 2. The minimum atomic E-state index is -0.711. The number of hydrogen-bond acceptors (Lipinski definition) is 5. The molecule has 31 heavy (non-hydrogen) atoms. The summed E-state index contributed by atoms with van der Waals surface area (Å²) in [4.78, 5) is 12.9. The van der Waals surface area contributed by atoms with E-state index in [4.69, 9.17) is 9.84 Å². The summed E-state index contributed by atoms with van der Waals surface area (Å²) in [6.07, 6.45) is 3.15. The van der Waals surface area contributed by atoms with Crippen molar-refractivity contribution in [3.63, 3.8) is 0 Å². The molecular weight excluding hydrogens is 528 g/mol. The maximum atomic E-state index is 14.7. The van der Waals surface area contributed by atoms with Crippen LogP contribution in [0.4, 0.5) is 4.39 Å². The van der Waals surface area contributed by atoms with Crippen molar-refractivity contribution in [3.8, 4) is 5.75 Å². The first-order valence-corrected chi connectivity index (χ1v) is 12.5. The third-order valence-electron chi connectivity index (χ3n) is 6.06. The van der Waals surface area contributed by atoms with E-state index in [0.717, 1.165) is 40.8 Å². The summed E-state index contributed by atoms with van der Waals surface area (Å²) < 4.78 is 21.6. The van der Waals surface area contributed by atoms with Crippen LogP contribution in [0, 0.1) is 15.3 Å². The fourth-order valence-electron chi connectivity index (χ4n) is 4.53. The van der Waals surface area contributed by atoms with Crippen LogP contribution in [0.1, 0.15) is 36.8 Å². The van der Waals surface area contributed by atoms with Crippen LogP contribution in [-0.4, -0.2) is 35.7 Å². The zero-order chi connectivity index (χ0) is 21.4. The van der Waals surface area contributed by atoms with Gasteiger partial charge in [-0.25, -0.2) is 9.40 Å². The van der Waals surface area contributed by atoms with E-state index in [0.29, 0.717) is 36.0 Å². The van der Waals surface area contributed by atoms with Crippen LogP contribution in [0.15, 0.2) is 47.6 Å². The van der Waals surface area contributed by atoms with Gasteiger partial charge < -0.3 is 10.1 Å². The van der Waals surface area contributed by atoms with Gasteiger partial charge in [-0.15, -0.1) is 0 Å². The third-order valence-corrected chi connectivity index (χ3v) is 8.16. The van der Waals surface area contributed by atoms with E-state index in [-0.39, 0.29) is 11.7 Å². The fourth-order valence-corrected chi connectivity index (χ4v) is 6.42. The molecule has 2 aromatic carbocycles. The first-order chi connectivity index (χ1) is 15.1. The first-order valence-electron chi connectivity index (χ1n) is 10.6. The molecule has 162 valence electrons. The van der Waals surface area contributed by atoms with E-state index >= 15 is 0 Å². The molecule has 0 radical (unpaired) electrons. The SMILES string of the molecule is O=C(CC1CCCNC1)N1N=C(c2cc(I)ccc2F)SC12CCOc1ccccc12. The summed E-state index contributed by atoms with van der Waals surface area (Å²) in [6, 6.07) is 12.8. The summed E-state index contributed by atoms with van der Waals surface area (Å²) in [7, 11) is 0. The number of nitrogens with zero attached hydrogens (tertiary/aromatic N) is 2. The van der Waals surface area contributed by atoms with Crippen molar-refractivity contribution in [1.29, 1.82) is 0 Å². The van der Waals surface area contributed by atoms with Crippen molar-refractivity contribution < 1.29 is 13.9 Å². The zero-order valence-corrected chi connectivity index (χ0v) is 19.9. The second-order valence-corrected chi connectivity index (χ2v) is 10.6. The van der Waals surface area contributed by atoms with Gasteiger partial charge in [0.25, 0.3) is 0 Å². The van der Waals surface area contributed by atoms with Gasteiger partial charge in [-0.3, -0.25) is 4.79 Å². The predicted octanol–water partition coefficient (Wildman–Crippen LogP) is 4.69. The molecule has 0 aliphatic carbocycles. The summed E-state index contributed by atoms with van der Waals surface area (Å²) in [5, 5.41) is 10.3. The Bertz CT molecular complexity index is 1040. The molecule has 1 spiro atoms. The number of piperidine rings is 1. The van der Waals surface area contributed by atoms with Gasteiger partial charge in [0.05, 0.1) is 6.61 Å². The smallest absolute Gasteiger partial charge is 0.244 e. The number of ether oxygens (including phenoxy) is 1. The molecule has 0 bridgehead atoms. The number of carbonyl (C=O) groups is 1. The van der Waals surface area contributed by atoms with E-state index in [9.17, 15) is 9.18 Å². The van der Waals surface area contributed by atoms with Crippen molar-refractivity contribution in [2.75, 3.05) is 19.7 Å². The van der Waals surface area contributed by atoms with E-state index in [1.165, 1.54) is 17.8 Å². The highest BCUT2D eigenvalue weighted by molar-refractivity contribution is 14.1. The van der Waals surface area contributed by atoms with E-state index in [1.807, 2.05) is 24.3 Å². The van der Waals surface area contributed by atoms with Crippen molar-refractivity contribution in [1.82, 2.24) is 10.3 Å². The lowest BCUT2D eigenvalue weighted by Gasteiger charge is -2.40. The number of hydrogen-bond donors (Lipinski definition) is 1. The van der Waals surface area contributed by atoms with Crippen molar-refractivity contribution in [3.05, 3.63) is 63.0 Å². The van der Waals surface area contributed by atoms with Crippen molar-refractivity contribution >= 4 is 45.3 Å². The topological polar surface area (TPSA) is 53.9 Å². The van der Waals surface area contributed by atoms with E-state index in [1.54, 1.807) is 17.1 Å². The van der Waals surface area contributed by atoms with Crippen LogP contribution in [0.3, 0.4) is 0 Å². The summed E-state index contributed by atoms with van der Waals surface area (Å²) in [6.45, 7) is 2.34. The molecule has 1 fully saturated rings. The molecule has 3 heterocycles. The van der Waals surface area contributed by atoms with Crippen molar-refractivity contribution in [2.24, 2.45) is 11.0 Å². The lowest BCUT2D eigenvalue weighted by atomic mass is 9.94. The number of halogens is 2. The number of nitrogens with one attached hydrogen (secondary N) is 1. The largest absolute Gasteiger partial charge is 0.493 e. The minimum Gasteiger partial charge on any atom is -0.493 e. The highest BCUT2D eigenvalue weighted by Crippen LogP contribution is 2.54. The number of thioether (sulfide) groups is 1. The summed E-state index contributed by atoms with van der Waals surface area (Å²) in [5.41, 5.74) is 1.36. The van der Waals surface area contributed by atoms with Gasteiger partial charge in [0.15, 0.2) is 0 Å². The second kappa shape index (κ2) is 8.71. The van der Waals surface area contributed by atoms with Crippen LogP contribution in [0.2, 0.25) is 0 Å². The summed E-state index contributed by atoms with van der Waals surface area (Å²) >= 11 is 3.64.